The number of rotatable bonds is 4. The van der Waals surface area contributed by atoms with Gasteiger partial charge in [-0.25, -0.2) is 9.99 Å². The number of hydrogen-bond donors (Lipinski definition) is 3. The molecule has 1 saturated heterocycles. The normalized spacial score (nSPS) is 21.0. The van der Waals surface area contributed by atoms with Gasteiger partial charge in [0.1, 0.15) is 11.2 Å². The summed E-state index contributed by atoms with van der Waals surface area (Å²) in [6, 6.07) is 7.83. The average Bonchev–Trinajstić information content (AvgIpc) is 3.47. The fourth-order valence-corrected chi connectivity index (χ4v) is 6.90. The molecule has 0 saturated carbocycles. The Hall–Kier alpha value is -2.40. The average molecular weight is 468 g/mol. The van der Waals surface area contributed by atoms with E-state index in [0.717, 1.165) is 29.6 Å². The summed E-state index contributed by atoms with van der Waals surface area (Å²) in [5, 5.41) is 19.6. The zero-order valence-electron chi connectivity index (χ0n) is 18.0. The third-order valence-electron chi connectivity index (χ3n) is 6.17. The zero-order valence-corrected chi connectivity index (χ0v) is 19.6. The van der Waals surface area contributed by atoms with Gasteiger partial charge < -0.3 is 5.32 Å². The van der Waals surface area contributed by atoms with E-state index in [1.54, 1.807) is 0 Å². The molecule has 3 aromatic rings. The predicted molar refractivity (Wildman–Crippen MR) is 127 cm³/mol. The van der Waals surface area contributed by atoms with Crippen molar-refractivity contribution < 1.29 is 4.79 Å². The lowest BCUT2D eigenvalue weighted by molar-refractivity contribution is -0.113. The number of amides is 1. The Bertz CT molecular complexity index is 1190. The molecule has 1 fully saturated rings. The minimum atomic E-state index is -0.0508. The Morgan fingerprint density at radius 2 is 2.06 bits per heavy atom. The maximum atomic E-state index is 12.6. The molecule has 0 bridgehead atoms. The van der Waals surface area contributed by atoms with Crippen LogP contribution in [-0.4, -0.2) is 32.6 Å². The molecule has 3 N–H and O–H groups in total. The second-order valence-electron chi connectivity index (χ2n) is 8.54. The summed E-state index contributed by atoms with van der Waals surface area (Å²) in [7, 11) is 0. The molecular formula is C22H25N7OS2. The Morgan fingerprint density at radius 3 is 2.91 bits per heavy atom. The Kier molecular flexibility index (Phi) is 4.98. The van der Waals surface area contributed by atoms with Crippen molar-refractivity contribution >= 4 is 40.6 Å². The van der Waals surface area contributed by atoms with Gasteiger partial charge in [0.05, 0.1) is 11.9 Å². The van der Waals surface area contributed by atoms with Gasteiger partial charge in [0.25, 0.3) is 0 Å². The number of carbonyl (C=O) groups is 1. The quantitative estimate of drug-likeness (QED) is 0.506. The van der Waals surface area contributed by atoms with E-state index in [9.17, 15) is 4.79 Å². The highest BCUT2D eigenvalue weighted by Gasteiger charge is 2.43. The Labute approximate surface area is 194 Å². The molecule has 32 heavy (non-hydrogen) atoms. The molecule has 166 valence electrons. The van der Waals surface area contributed by atoms with Crippen molar-refractivity contribution in [3.8, 4) is 5.00 Å². The molecule has 2 aromatic heterocycles. The zero-order chi connectivity index (χ0) is 21.8. The van der Waals surface area contributed by atoms with Crippen LogP contribution < -0.4 is 21.1 Å². The van der Waals surface area contributed by atoms with Crippen LogP contribution in [0.15, 0.2) is 29.4 Å². The van der Waals surface area contributed by atoms with E-state index < -0.39 is 0 Å². The van der Waals surface area contributed by atoms with Crippen molar-refractivity contribution in [2.75, 3.05) is 16.1 Å². The van der Waals surface area contributed by atoms with Gasteiger partial charge in [0.15, 0.2) is 5.16 Å². The summed E-state index contributed by atoms with van der Waals surface area (Å²) in [6.45, 7) is 4.14. The van der Waals surface area contributed by atoms with Crippen LogP contribution >= 0.6 is 23.1 Å². The van der Waals surface area contributed by atoms with Gasteiger partial charge in [-0.1, -0.05) is 29.5 Å². The minimum absolute atomic E-state index is 0.0508. The number of carbonyl (C=O) groups excluding carboxylic acids is 1. The first-order valence-corrected chi connectivity index (χ1v) is 12.8. The fourth-order valence-electron chi connectivity index (χ4n) is 4.69. The number of aryl methyl sites for hydroxylation is 2. The fraction of sp³-hybridized carbons (Fsp3) is 0.409. The Balaban J connectivity index is 1.30. The summed E-state index contributed by atoms with van der Waals surface area (Å²) >= 11 is 3.29. The van der Waals surface area contributed by atoms with Crippen LogP contribution in [0.2, 0.25) is 0 Å². The summed E-state index contributed by atoms with van der Waals surface area (Å²) in [4.78, 5) is 14.1. The maximum Gasteiger partial charge on any atom is 0.249 e. The topological polar surface area (TPSA) is 87.1 Å². The van der Waals surface area contributed by atoms with Crippen LogP contribution in [0.25, 0.3) is 5.00 Å². The molecule has 8 nitrogen and oxygen atoms in total. The Morgan fingerprint density at radius 1 is 1.25 bits per heavy atom. The molecule has 0 radical (unpaired) electrons. The van der Waals surface area contributed by atoms with Gasteiger partial charge in [-0.3, -0.25) is 15.1 Å². The minimum Gasteiger partial charge on any atom is -0.325 e. The van der Waals surface area contributed by atoms with Crippen LogP contribution in [-0.2, 0) is 17.6 Å². The third kappa shape index (κ3) is 3.33. The highest BCUT2D eigenvalue weighted by Crippen LogP contribution is 2.48. The van der Waals surface area contributed by atoms with Crippen LogP contribution in [0.4, 0.5) is 11.6 Å². The van der Waals surface area contributed by atoms with E-state index in [1.807, 2.05) is 42.5 Å². The van der Waals surface area contributed by atoms with Crippen molar-refractivity contribution in [3.63, 3.8) is 0 Å². The summed E-state index contributed by atoms with van der Waals surface area (Å²) in [5.41, 5.74) is 8.29. The van der Waals surface area contributed by atoms with Crippen molar-refractivity contribution in [2.24, 2.45) is 0 Å². The lowest BCUT2D eigenvalue weighted by Gasteiger charge is -2.31. The number of hydrazine groups is 1. The first-order valence-electron chi connectivity index (χ1n) is 11.0. The van der Waals surface area contributed by atoms with Crippen molar-refractivity contribution in [3.05, 3.63) is 45.8 Å². The first-order chi connectivity index (χ1) is 15.6. The van der Waals surface area contributed by atoms with Gasteiger partial charge in [-0.2, -0.15) is 0 Å². The third-order valence-corrected chi connectivity index (χ3v) is 8.39. The number of thiophene rings is 1. The molecule has 2 unspecified atom stereocenters. The molecule has 3 aliphatic rings. The number of aromatic nitrogens is 3. The van der Waals surface area contributed by atoms with Gasteiger partial charge in [-0.05, 0) is 57.2 Å². The summed E-state index contributed by atoms with van der Waals surface area (Å²) in [5.74, 6) is 1.00. The number of hydrogen-bond acceptors (Lipinski definition) is 8. The SMILES string of the molecule is Cc1ccc(NC(=O)CSc2nnc3n2-c2sc4c(c2C2NC(C)NN32)CCCC4)cc1. The van der Waals surface area contributed by atoms with Crippen molar-refractivity contribution in [1.29, 1.82) is 0 Å². The van der Waals surface area contributed by atoms with E-state index in [2.05, 4.69) is 42.8 Å². The molecule has 10 heteroatoms. The van der Waals surface area contributed by atoms with Crippen LogP contribution in [0.1, 0.15) is 47.5 Å². The van der Waals surface area contributed by atoms with E-state index in [-0.39, 0.29) is 24.0 Å². The van der Waals surface area contributed by atoms with E-state index in [0.29, 0.717) is 0 Å². The van der Waals surface area contributed by atoms with E-state index in [1.165, 1.54) is 51.2 Å². The largest absolute Gasteiger partial charge is 0.325 e. The summed E-state index contributed by atoms with van der Waals surface area (Å²) < 4.78 is 2.13. The highest BCUT2D eigenvalue weighted by molar-refractivity contribution is 7.99. The first kappa shape index (κ1) is 20.2. The number of benzene rings is 1. The second-order valence-corrected chi connectivity index (χ2v) is 10.6. The summed E-state index contributed by atoms with van der Waals surface area (Å²) in [6.07, 6.45) is 4.96. The van der Waals surface area contributed by atoms with Gasteiger partial charge in [0.2, 0.25) is 11.9 Å². The number of nitrogens with zero attached hydrogens (tertiary/aromatic N) is 4. The lowest BCUT2D eigenvalue weighted by Crippen LogP contribution is -2.40. The predicted octanol–water partition coefficient (Wildman–Crippen LogP) is 3.52. The number of thioether (sulfide) groups is 1. The molecule has 0 spiro atoms. The molecule has 1 aliphatic carbocycles. The van der Waals surface area contributed by atoms with Crippen LogP contribution in [0, 0.1) is 6.92 Å². The highest BCUT2D eigenvalue weighted by atomic mass is 32.2. The number of anilines is 2. The lowest BCUT2D eigenvalue weighted by atomic mass is 9.94. The van der Waals surface area contributed by atoms with Crippen LogP contribution in [0.3, 0.4) is 0 Å². The molecule has 1 amide bonds. The molecule has 1 aromatic carbocycles. The molecule has 6 rings (SSSR count). The van der Waals surface area contributed by atoms with Crippen molar-refractivity contribution in [2.45, 2.75) is 57.0 Å². The van der Waals surface area contributed by atoms with Gasteiger partial charge in [-0.15, -0.1) is 21.5 Å². The maximum absolute atomic E-state index is 12.6. The van der Waals surface area contributed by atoms with Crippen molar-refractivity contribution in [1.82, 2.24) is 25.5 Å². The smallest absolute Gasteiger partial charge is 0.249 e. The second kappa shape index (κ2) is 7.87. The molecule has 2 atom stereocenters. The molecule has 4 heterocycles. The molecular weight excluding hydrogens is 442 g/mol. The standard InChI is InChI=1S/C22H25N7OS2/c1-12-7-9-14(10-8-12)24-17(30)11-31-22-26-25-21-28(22)20-18(19-23-13(2)27-29(19)21)15-5-3-4-6-16(15)32-20/h7-10,13,19,23,27H,3-6,11H2,1-2H3,(H,24,30). The molecule has 2 aliphatic heterocycles. The van der Waals surface area contributed by atoms with E-state index in [4.69, 9.17) is 0 Å². The monoisotopic (exact) mass is 467 g/mol. The van der Waals surface area contributed by atoms with Gasteiger partial charge >= 0.3 is 0 Å². The van der Waals surface area contributed by atoms with Gasteiger partial charge in [0, 0.05) is 16.1 Å². The van der Waals surface area contributed by atoms with E-state index >= 15 is 0 Å². The number of nitrogens with one attached hydrogen (secondary N) is 3. The van der Waals surface area contributed by atoms with Crippen LogP contribution in [0.5, 0.6) is 0 Å². The number of fused-ring (bicyclic) bond motifs is 8.